The lowest BCUT2D eigenvalue weighted by molar-refractivity contribution is 0.0240. The summed E-state index contributed by atoms with van der Waals surface area (Å²) in [4.78, 5) is 34.1. The molecule has 6 rings (SSSR count). The minimum atomic E-state index is -0.560. The smallest absolute Gasteiger partial charge is 0.410 e. The van der Waals surface area contributed by atoms with Gasteiger partial charge in [-0.15, -0.1) is 0 Å². The largest absolute Gasteiger partial charge is 0.444 e. The summed E-state index contributed by atoms with van der Waals surface area (Å²) in [6.45, 7) is 9.52. The van der Waals surface area contributed by atoms with Gasteiger partial charge in [-0.2, -0.15) is 5.10 Å². The Balaban J connectivity index is 1.28. The maximum absolute atomic E-state index is 14.6. The molecule has 2 N–H and O–H groups in total. The average molecular weight is 564 g/mol. The van der Waals surface area contributed by atoms with E-state index in [0.717, 1.165) is 11.1 Å². The third kappa shape index (κ3) is 5.31. The number of piperazine rings is 1. The van der Waals surface area contributed by atoms with Crippen molar-refractivity contribution < 1.29 is 23.8 Å². The minimum absolute atomic E-state index is 0.0474. The van der Waals surface area contributed by atoms with Crippen LogP contribution in [0, 0.1) is 12.7 Å². The average Bonchev–Trinajstić information content (AvgIpc) is 3.49. The lowest BCUT2D eigenvalue weighted by atomic mass is 9.90. The van der Waals surface area contributed by atoms with E-state index in [9.17, 15) is 19.1 Å². The second kappa shape index (κ2) is 10.0. The zero-order valence-electron chi connectivity index (χ0n) is 23.6. The molecule has 1 aromatic carbocycles. The van der Waals surface area contributed by atoms with Crippen molar-refractivity contribution in [1.29, 1.82) is 0 Å². The van der Waals surface area contributed by atoms with E-state index in [2.05, 4.69) is 15.2 Å². The Bertz CT molecular complexity index is 1640. The van der Waals surface area contributed by atoms with E-state index in [1.807, 2.05) is 37.7 Å². The van der Waals surface area contributed by atoms with E-state index in [0.29, 0.717) is 61.5 Å². The number of anilines is 2. The number of hydrogen-bond acceptors (Lipinski definition) is 7. The van der Waals surface area contributed by atoms with E-state index in [1.165, 1.54) is 6.07 Å². The van der Waals surface area contributed by atoms with Crippen LogP contribution in [-0.4, -0.2) is 79.1 Å². The molecule has 4 heterocycles. The van der Waals surface area contributed by atoms with Crippen molar-refractivity contribution in [3.63, 3.8) is 0 Å². The number of ether oxygens (including phenoxy) is 1. The number of aliphatic hydroxyl groups is 1. The summed E-state index contributed by atoms with van der Waals surface area (Å²) in [5.74, 6) is -0.944. The van der Waals surface area contributed by atoms with Crippen molar-refractivity contribution in [3.05, 3.63) is 53.9 Å². The van der Waals surface area contributed by atoms with Gasteiger partial charge in [0.15, 0.2) is 11.5 Å². The van der Waals surface area contributed by atoms with Gasteiger partial charge in [-0.3, -0.25) is 9.48 Å². The molecule has 2 fully saturated rings. The quantitative estimate of drug-likeness (QED) is 0.383. The summed E-state index contributed by atoms with van der Waals surface area (Å²) in [7, 11) is 0. The van der Waals surface area contributed by atoms with Crippen LogP contribution in [0.4, 0.5) is 20.6 Å². The van der Waals surface area contributed by atoms with Crippen LogP contribution >= 0.6 is 0 Å². The van der Waals surface area contributed by atoms with E-state index in [1.54, 1.807) is 34.7 Å². The number of carbonyl (C=O) groups is 2. The summed E-state index contributed by atoms with van der Waals surface area (Å²) >= 11 is 0. The molecule has 2 amide bonds. The summed E-state index contributed by atoms with van der Waals surface area (Å²) < 4.78 is 23.6. The second-order valence-corrected chi connectivity index (χ2v) is 11.9. The molecular weight excluding hydrogens is 529 g/mol. The fraction of sp³-hybridized carbons (Fsp3) is 0.448. The molecule has 0 spiro atoms. The number of aromatic nitrogens is 4. The standard InChI is InChI=1S/C29H34FN7O4/c1-17-14-36-15-18(11-23(30)26(36)31-17)32-27(39)21-5-6-24(22-16-37(33-25(21)22)19-12-20(38)13-19)34-7-9-35(10-8-34)28(40)41-29(2,3)4/h5-6,11,14-16,19-20,38H,7-10,12-13H2,1-4H3,(H,32,39)/t19-,20+. The Morgan fingerprint density at radius 2 is 1.83 bits per heavy atom. The van der Waals surface area contributed by atoms with Gasteiger partial charge in [0.1, 0.15) is 11.1 Å². The van der Waals surface area contributed by atoms with E-state index in [4.69, 9.17) is 9.84 Å². The maximum atomic E-state index is 14.6. The van der Waals surface area contributed by atoms with E-state index < -0.39 is 17.3 Å². The van der Waals surface area contributed by atoms with Gasteiger partial charge in [0.05, 0.1) is 29.1 Å². The first kappa shape index (κ1) is 27.0. The molecule has 12 heteroatoms. The molecule has 2 aliphatic rings. The Kier molecular flexibility index (Phi) is 6.60. The number of pyridine rings is 1. The third-order valence-corrected chi connectivity index (χ3v) is 7.53. The van der Waals surface area contributed by atoms with Crippen molar-refractivity contribution in [1.82, 2.24) is 24.1 Å². The van der Waals surface area contributed by atoms with Crippen LogP contribution in [0.15, 0.2) is 36.8 Å². The van der Waals surface area contributed by atoms with Crippen LogP contribution in [0.3, 0.4) is 0 Å². The number of carbonyl (C=O) groups excluding carboxylic acids is 2. The molecular formula is C29H34FN7O4. The second-order valence-electron chi connectivity index (χ2n) is 11.9. The summed E-state index contributed by atoms with van der Waals surface area (Å²) in [6, 6.07) is 4.93. The Hall–Kier alpha value is -4.19. The molecule has 11 nitrogen and oxygen atoms in total. The number of aliphatic hydroxyl groups excluding tert-OH is 1. The number of nitrogens with zero attached hydrogens (tertiary/aromatic N) is 6. The molecule has 0 atom stereocenters. The van der Waals surface area contributed by atoms with Crippen molar-refractivity contribution in [2.75, 3.05) is 36.4 Å². The highest BCUT2D eigenvalue weighted by Crippen LogP contribution is 2.36. The number of amides is 2. The van der Waals surface area contributed by atoms with Crippen LogP contribution in [-0.2, 0) is 4.74 Å². The molecule has 1 saturated carbocycles. The molecule has 3 aromatic heterocycles. The van der Waals surface area contributed by atoms with Gasteiger partial charge >= 0.3 is 6.09 Å². The Labute approximate surface area is 236 Å². The number of benzene rings is 1. The van der Waals surface area contributed by atoms with Gasteiger partial charge in [0.2, 0.25) is 0 Å². The van der Waals surface area contributed by atoms with Crippen molar-refractivity contribution in [3.8, 4) is 0 Å². The number of fused-ring (bicyclic) bond motifs is 2. The van der Waals surface area contributed by atoms with Gasteiger partial charge in [0, 0.05) is 61.9 Å². The van der Waals surface area contributed by atoms with E-state index in [-0.39, 0.29) is 23.9 Å². The van der Waals surface area contributed by atoms with Crippen molar-refractivity contribution in [2.45, 2.75) is 58.3 Å². The molecule has 41 heavy (non-hydrogen) atoms. The monoisotopic (exact) mass is 563 g/mol. The molecule has 216 valence electrons. The first-order valence-corrected chi connectivity index (χ1v) is 13.8. The van der Waals surface area contributed by atoms with Gasteiger partial charge in [-0.1, -0.05) is 0 Å². The van der Waals surface area contributed by atoms with Gasteiger partial charge in [0.25, 0.3) is 5.91 Å². The fourth-order valence-electron chi connectivity index (χ4n) is 5.43. The zero-order chi connectivity index (χ0) is 29.1. The predicted octanol–water partition coefficient (Wildman–Crippen LogP) is 4.14. The topological polar surface area (TPSA) is 117 Å². The lowest BCUT2D eigenvalue weighted by Crippen LogP contribution is -2.50. The summed E-state index contributed by atoms with van der Waals surface area (Å²) in [6.07, 6.45) is 5.77. The number of halogens is 1. The molecule has 4 aromatic rings. The van der Waals surface area contributed by atoms with Crippen molar-refractivity contribution in [2.24, 2.45) is 0 Å². The highest BCUT2D eigenvalue weighted by molar-refractivity contribution is 6.14. The van der Waals surface area contributed by atoms with Crippen LogP contribution in [0.5, 0.6) is 0 Å². The first-order chi connectivity index (χ1) is 19.4. The maximum Gasteiger partial charge on any atom is 0.410 e. The van der Waals surface area contributed by atoms with Crippen LogP contribution in [0.2, 0.25) is 0 Å². The number of hydrogen-bond donors (Lipinski definition) is 2. The van der Waals surface area contributed by atoms with Crippen LogP contribution in [0.25, 0.3) is 16.6 Å². The van der Waals surface area contributed by atoms with Crippen LogP contribution in [0.1, 0.15) is 55.7 Å². The van der Waals surface area contributed by atoms with Gasteiger partial charge < -0.3 is 29.4 Å². The minimum Gasteiger partial charge on any atom is -0.444 e. The lowest BCUT2D eigenvalue weighted by Gasteiger charge is -2.37. The molecule has 1 aliphatic carbocycles. The molecule has 1 aliphatic heterocycles. The van der Waals surface area contributed by atoms with Crippen LogP contribution < -0.4 is 10.2 Å². The summed E-state index contributed by atoms with van der Waals surface area (Å²) in [5, 5.41) is 18.3. The fourth-order valence-corrected chi connectivity index (χ4v) is 5.43. The third-order valence-electron chi connectivity index (χ3n) is 7.53. The SMILES string of the molecule is Cc1cn2cc(NC(=O)c3ccc(N4CCN(C(=O)OC(C)(C)C)CC4)c4cn([C@H]5C[C@@H](O)C5)nc34)cc(F)c2n1. The molecule has 0 bridgehead atoms. The molecule has 0 unspecified atom stereocenters. The highest BCUT2D eigenvalue weighted by atomic mass is 19.1. The predicted molar refractivity (Wildman–Crippen MR) is 152 cm³/mol. The van der Waals surface area contributed by atoms with E-state index >= 15 is 0 Å². The first-order valence-electron chi connectivity index (χ1n) is 13.8. The van der Waals surface area contributed by atoms with Crippen molar-refractivity contribution >= 4 is 39.9 Å². The number of nitrogens with one attached hydrogen (secondary N) is 1. The highest BCUT2D eigenvalue weighted by Gasteiger charge is 2.32. The summed E-state index contributed by atoms with van der Waals surface area (Å²) in [5.41, 5.74) is 2.40. The normalized spacial score (nSPS) is 19.5. The zero-order valence-corrected chi connectivity index (χ0v) is 23.6. The number of imidazole rings is 1. The number of rotatable bonds is 4. The Morgan fingerprint density at radius 1 is 1.10 bits per heavy atom. The number of aryl methyl sites for hydroxylation is 1. The molecule has 1 saturated heterocycles. The van der Waals surface area contributed by atoms with Gasteiger partial charge in [-0.05, 0) is 52.7 Å². The Morgan fingerprint density at radius 3 is 2.51 bits per heavy atom. The molecule has 0 radical (unpaired) electrons. The van der Waals surface area contributed by atoms with Gasteiger partial charge in [-0.25, -0.2) is 14.2 Å².